The number of aromatic nitrogens is 1. The Labute approximate surface area is 117 Å². The molecule has 0 aromatic carbocycles. The molecule has 5 nitrogen and oxygen atoms in total. The Balaban J connectivity index is 2.17. The van der Waals surface area contributed by atoms with E-state index in [1.54, 1.807) is 12.3 Å². The summed E-state index contributed by atoms with van der Waals surface area (Å²) in [7, 11) is 1.94. The van der Waals surface area contributed by atoms with E-state index in [1.807, 2.05) is 18.0 Å². The lowest BCUT2D eigenvalue weighted by Crippen LogP contribution is -2.45. The number of rotatable bonds is 0. The number of hydrogen-bond acceptors (Lipinski definition) is 5. The zero-order valence-corrected chi connectivity index (χ0v) is 12.0. The summed E-state index contributed by atoms with van der Waals surface area (Å²) in [5.74, 6) is -1.03. The maximum atomic E-state index is 12.3. The van der Waals surface area contributed by atoms with E-state index in [1.165, 1.54) is 0 Å². The number of ketones is 2. The molecule has 1 atom stereocenters. The number of nitrogens with zero attached hydrogens (tertiary/aromatic N) is 2. The van der Waals surface area contributed by atoms with E-state index >= 15 is 0 Å². The van der Waals surface area contributed by atoms with E-state index < -0.39 is 11.6 Å². The molecule has 0 saturated carbocycles. The van der Waals surface area contributed by atoms with Crippen LogP contribution in [0.5, 0.6) is 0 Å². The largest absolute Gasteiger partial charge is 0.360 e. The molecule has 104 valence electrons. The fraction of sp³-hybridized carbons (Fsp3) is 0.400. The Morgan fingerprint density at radius 2 is 1.95 bits per heavy atom. The van der Waals surface area contributed by atoms with Crippen molar-refractivity contribution in [2.75, 3.05) is 7.05 Å². The summed E-state index contributed by atoms with van der Waals surface area (Å²) in [5.41, 5.74) is 2.08. The van der Waals surface area contributed by atoms with Crippen molar-refractivity contribution in [3.8, 4) is 0 Å². The normalized spacial score (nSPS) is 21.8. The van der Waals surface area contributed by atoms with Crippen LogP contribution in [0.25, 0.3) is 5.70 Å². The second-order valence-electron chi connectivity index (χ2n) is 6.31. The van der Waals surface area contributed by atoms with E-state index in [0.29, 0.717) is 5.70 Å². The van der Waals surface area contributed by atoms with Crippen LogP contribution in [0.1, 0.15) is 36.8 Å². The van der Waals surface area contributed by atoms with Gasteiger partial charge in [-0.15, -0.1) is 0 Å². The topological polar surface area (TPSA) is 62.3 Å². The van der Waals surface area contributed by atoms with Crippen molar-refractivity contribution in [1.29, 1.82) is 0 Å². The lowest BCUT2D eigenvalue weighted by Gasteiger charge is -2.35. The second-order valence-corrected chi connectivity index (χ2v) is 6.31. The summed E-state index contributed by atoms with van der Waals surface area (Å²) in [5, 5.41) is 3.21. The van der Waals surface area contributed by atoms with Gasteiger partial charge in [0.1, 0.15) is 17.6 Å². The number of nitrogens with one attached hydrogen (secondary N) is 1. The molecule has 3 rings (SSSR count). The van der Waals surface area contributed by atoms with Crippen molar-refractivity contribution in [1.82, 2.24) is 15.2 Å². The summed E-state index contributed by atoms with van der Waals surface area (Å²) in [6.07, 6.45) is 1.51. The summed E-state index contributed by atoms with van der Waals surface area (Å²) in [4.78, 5) is 30.5. The fourth-order valence-electron chi connectivity index (χ4n) is 2.90. The number of pyridine rings is 1. The lowest BCUT2D eigenvalue weighted by molar-refractivity contribution is -0.112. The van der Waals surface area contributed by atoms with Crippen LogP contribution >= 0.6 is 0 Å². The first-order valence-corrected chi connectivity index (χ1v) is 6.60. The minimum absolute atomic E-state index is 0.0320. The standard InChI is InChI=1S/C15H17N3O2/c1-15(2,3)14-17-10-11(18(14)4)8-6-5-7-16-9(8)12(19)13(10)20/h5-7,14,17H,1-4H3. The number of Topliss-reactive ketones (excluding diaryl/α,β-unsaturated/α-hetero) is 2. The van der Waals surface area contributed by atoms with Crippen molar-refractivity contribution >= 4 is 17.3 Å². The third-order valence-electron chi connectivity index (χ3n) is 3.79. The highest BCUT2D eigenvalue weighted by Gasteiger charge is 2.45. The minimum atomic E-state index is -0.533. The third-order valence-corrected chi connectivity index (χ3v) is 3.79. The summed E-state index contributed by atoms with van der Waals surface area (Å²) >= 11 is 0. The van der Waals surface area contributed by atoms with Crippen LogP contribution in [-0.2, 0) is 4.79 Å². The Morgan fingerprint density at radius 3 is 2.60 bits per heavy atom. The summed E-state index contributed by atoms with van der Waals surface area (Å²) in [6.45, 7) is 6.28. The Kier molecular flexibility index (Phi) is 2.51. The van der Waals surface area contributed by atoms with Crippen molar-refractivity contribution in [3.05, 3.63) is 35.3 Å². The van der Waals surface area contributed by atoms with E-state index in [-0.39, 0.29) is 17.3 Å². The highest BCUT2D eigenvalue weighted by molar-refractivity contribution is 6.51. The smallest absolute Gasteiger partial charge is 0.254 e. The first-order chi connectivity index (χ1) is 9.32. The van der Waals surface area contributed by atoms with Crippen molar-refractivity contribution < 1.29 is 9.59 Å². The van der Waals surface area contributed by atoms with Gasteiger partial charge in [0.15, 0.2) is 0 Å². The Bertz CT molecular complexity index is 655. The lowest BCUT2D eigenvalue weighted by atomic mass is 9.91. The summed E-state index contributed by atoms with van der Waals surface area (Å²) in [6, 6.07) is 3.62. The van der Waals surface area contributed by atoms with E-state index in [9.17, 15) is 9.59 Å². The first kappa shape index (κ1) is 12.8. The molecular weight excluding hydrogens is 254 g/mol. The zero-order valence-electron chi connectivity index (χ0n) is 12.0. The molecule has 0 spiro atoms. The zero-order chi connectivity index (χ0) is 14.7. The number of carbonyl (C=O) groups excluding carboxylic acids is 2. The molecule has 2 heterocycles. The molecule has 0 amide bonds. The molecule has 5 heteroatoms. The average Bonchev–Trinajstić information content (AvgIpc) is 2.74. The molecule has 1 N–H and O–H groups in total. The summed E-state index contributed by atoms with van der Waals surface area (Å²) < 4.78 is 0. The molecule has 1 aliphatic heterocycles. The van der Waals surface area contributed by atoms with E-state index in [4.69, 9.17) is 0 Å². The first-order valence-electron chi connectivity index (χ1n) is 6.60. The number of carbonyl (C=O) groups is 2. The molecular formula is C15H17N3O2. The van der Waals surface area contributed by atoms with Gasteiger partial charge in [-0.25, -0.2) is 0 Å². The van der Waals surface area contributed by atoms with Gasteiger partial charge in [-0.05, 0) is 12.1 Å². The number of allylic oxidation sites excluding steroid dienone is 1. The quantitative estimate of drug-likeness (QED) is 0.723. The number of fused-ring (bicyclic) bond motifs is 2. The highest BCUT2D eigenvalue weighted by Crippen LogP contribution is 2.38. The van der Waals surface area contributed by atoms with Gasteiger partial charge in [0, 0.05) is 24.2 Å². The van der Waals surface area contributed by atoms with Crippen LogP contribution in [0.4, 0.5) is 0 Å². The molecule has 0 saturated heterocycles. The van der Waals surface area contributed by atoms with Gasteiger partial charge >= 0.3 is 0 Å². The molecule has 1 unspecified atom stereocenters. The van der Waals surface area contributed by atoms with Crippen LogP contribution in [0.15, 0.2) is 24.0 Å². The molecule has 1 aromatic rings. The number of hydrogen-bond donors (Lipinski definition) is 1. The second kappa shape index (κ2) is 3.91. The maximum absolute atomic E-state index is 12.3. The third kappa shape index (κ3) is 1.59. The molecule has 0 bridgehead atoms. The fourth-order valence-corrected chi connectivity index (χ4v) is 2.90. The highest BCUT2D eigenvalue weighted by atomic mass is 16.2. The molecule has 0 fully saturated rings. The monoisotopic (exact) mass is 271 g/mol. The van der Waals surface area contributed by atoms with Gasteiger partial charge in [-0.2, -0.15) is 0 Å². The molecule has 2 aliphatic rings. The van der Waals surface area contributed by atoms with Crippen LogP contribution in [0.2, 0.25) is 0 Å². The Hall–Kier alpha value is -2.17. The predicted octanol–water partition coefficient (Wildman–Crippen LogP) is 1.42. The van der Waals surface area contributed by atoms with Gasteiger partial charge in [0.25, 0.3) is 11.6 Å². The van der Waals surface area contributed by atoms with Crippen LogP contribution < -0.4 is 5.32 Å². The van der Waals surface area contributed by atoms with Gasteiger partial charge < -0.3 is 10.2 Å². The van der Waals surface area contributed by atoms with Gasteiger partial charge in [0.05, 0.1) is 5.70 Å². The van der Waals surface area contributed by atoms with Crippen molar-refractivity contribution in [2.45, 2.75) is 26.9 Å². The van der Waals surface area contributed by atoms with Gasteiger partial charge in [-0.3, -0.25) is 14.6 Å². The van der Waals surface area contributed by atoms with Crippen molar-refractivity contribution in [2.24, 2.45) is 5.41 Å². The average molecular weight is 271 g/mol. The molecule has 1 aliphatic carbocycles. The van der Waals surface area contributed by atoms with Crippen molar-refractivity contribution in [3.63, 3.8) is 0 Å². The molecule has 0 radical (unpaired) electrons. The van der Waals surface area contributed by atoms with Gasteiger partial charge in [0.2, 0.25) is 0 Å². The molecule has 1 aromatic heterocycles. The van der Waals surface area contributed by atoms with Crippen LogP contribution in [-0.4, -0.2) is 34.7 Å². The SMILES string of the molecule is CN1C2=C(NC1C(C)(C)C)C(=O)C(=O)c1ncccc12. The van der Waals surface area contributed by atoms with E-state index in [0.717, 1.165) is 11.3 Å². The molecule has 20 heavy (non-hydrogen) atoms. The van der Waals surface area contributed by atoms with Crippen LogP contribution in [0, 0.1) is 5.41 Å². The van der Waals surface area contributed by atoms with Gasteiger partial charge in [-0.1, -0.05) is 20.8 Å². The predicted molar refractivity (Wildman–Crippen MR) is 74.6 cm³/mol. The maximum Gasteiger partial charge on any atom is 0.254 e. The Morgan fingerprint density at radius 1 is 1.25 bits per heavy atom. The minimum Gasteiger partial charge on any atom is -0.360 e. The van der Waals surface area contributed by atoms with E-state index in [2.05, 4.69) is 31.1 Å². The van der Waals surface area contributed by atoms with Crippen LogP contribution in [0.3, 0.4) is 0 Å².